The minimum atomic E-state index is -1.08. The van der Waals surface area contributed by atoms with Gasteiger partial charge in [0.05, 0.1) is 36.3 Å². The molecule has 1 aliphatic carbocycles. The molecule has 5 rings (SSSR count). The van der Waals surface area contributed by atoms with Crippen molar-refractivity contribution in [2.75, 3.05) is 24.3 Å². The SMILES string of the molecule is C[C@@H]1C[C@@H](N)C[C@H](c2ccncc2NC(=O)c2nc(-c3c(F)cc(OC4CCOCC4)cc3F)c(F)cc2N)C1. The molecule has 1 aliphatic heterocycles. The fraction of sp³-hybridized carbons (Fsp3) is 0.414. The molecule has 0 spiro atoms. The summed E-state index contributed by atoms with van der Waals surface area (Å²) in [4.78, 5) is 21.4. The van der Waals surface area contributed by atoms with E-state index in [1.807, 2.05) is 6.07 Å². The number of pyridine rings is 2. The standard InChI is InChI=1S/C29H32F3N5O3/c1-15-8-16(10-17(33)9-15)20-2-5-35-14-25(20)36-29(38)28-24(34)13-23(32)27(37-28)26-21(30)11-19(12-22(26)31)40-18-3-6-39-7-4-18/h2,5,11-18H,3-4,6-10,33-34H2,1H3,(H,36,38)/t15-,16+,17+/m0/s1. The molecule has 2 aliphatic rings. The second-order valence-corrected chi connectivity index (χ2v) is 10.6. The largest absolute Gasteiger partial charge is 0.490 e. The molecule has 3 atom stereocenters. The van der Waals surface area contributed by atoms with Crippen molar-refractivity contribution in [3.63, 3.8) is 0 Å². The Morgan fingerprint density at radius 2 is 1.80 bits per heavy atom. The summed E-state index contributed by atoms with van der Waals surface area (Å²) in [7, 11) is 0. The summed E-state index contributed by atoms with van der Waals surface area (Å²) in [5, 5.41) is 2.75. The monoisotopic (exact) mass is 555 g/mol. The maximum Gasteiger partial charge on any atom is 0.276 e. The summed E-state index contributed by atoms with van der Waals surface area (Å²) in [5.41, 5.74) is 11.4. The van der Waals surface area contributed by atoms with Gasteiger partial charge in [0.2, 0.25) is 0 Å². The average molecular weight is 556 g/mol. The van der Waals surface area contributed by atoms with Crippen LogP contribution < -0.4 is 21.5 Å². The van der Waals surface area contributed by atoms with Crippen molar-refractivity contribution >= 4 is 17.3 Å². The molecule has 5 N–H and O–H groups in total. The van der Waals surface area contributed by atoms with E-state index in [0.29, 0.717) is 37.7 Å². The quantitative estimate of drug-likeness (QED) is 0.383. The highest BCUT2D eigenvalue weighted by Crippen LogP contribution is 2.39. The molecular weight excluding hydrogens is 523 g/mol. The minimum Gasteiger partial charge on any atom is -0.490 e. The van der Waals surface area contributed by atoms with E-state index >= 15 is 8.78 Å². The number of ether oxygens (including phenoxy) is 2. The van der Waals surface area contributed by atoms with Gasteiger partial charge in [0.25, 0.3) is 5.91 Å². The van der Waals surface area contributed by atoms with Crippen molar-refractivity contribution in [2.45, 2.75) is 57.1 Å². The van der Waals surface area contributed by atoms with Gasteiger partial charge in [-0.2, -0.15) is 0 Å². The van der Waals surface area contributed by atoms with Gasteiger partial charge in [0.1, 0.15) is 29.2 Å². The molecule has 2 fully saturated rings. The minimum absolute atomic E-state index is 0.0275. The summed E-state index contributed by atoms with van der Waals surface area (Å²) in [6.45, 7) is 3.12. The van der Waals surface area contributed by atoms with E-state index in [2.05, 4.69) is 22.2 Å². The van der Waals surface area contributed by atoms with Crippen molar-refractivity contribution < 1.29 is 27.4 Å². The van der Waals surface area contributed by atoms with Gasteiger partial charge in [-0.15, -0.1) is 0 Å². The Labute approximate surface area is 230 Å². The fourth-order valence-corrected chi connectivity index (χ4v) is 5.65. The molecule has 3 heterocycles. The lowest BCUT2D eigenvalue weighted by Crippen LogP contribution is -2.31. The number of amides is 1. The number of halogens is 3. The van der Waals surface area contributed by atoms with Crippen LogP contribution in [0.2, 0.25) is 0 Å². The van der Waals surface area contributed by atoms with Gasteiger partial charge in [-0.25, -0.2) is 18.2 Å². The second-order valence-electron chi connectivity index (χ2n) is 10.6. The molecule has 1 saturated heterocycles. The third-order valence-corrected chi connectivity index (χ3v) is 7.47. The highest BCUT2D eigenvalue weighted by atomic mass is 19.1. The maximum atomic E-state index is 15.1. The summed E-state index contributed by atoms with van der Waals surface area (Å²) < 4.78 is 56.2. The van der Waals surface area contributed by atoms with Gasteiger partial charge in [-0.3, -0.25) is 9.78 Å². The summed E-state index contributed by atoms with van der Waals surface area (Å²) in [6, 6.07) is 4.65. The predicted octanol–water partition coefficient (Wildman–Crippen LogP) is 5.18. The van der Waals surface area contributed by atoms with Crippen LogP contribution in [0.3, 0.4) is 0 Å². The van der Waals surface area contributed by atoms with Gasteiger partial charge < -0.3 is 26.3 Å². The molecule has 11 heteroatoms. The maximum absolute atomic E-state index is 15.1. The average Bonchev–Trinajstić information content (AvgIpc) is 2.90. The van der Waals surface area contributed by atoms with Crippen molar-refractivity contribution in [2.24, 2.45) is 11.7 Å². The van der Waals surface area contributed by atoms with E-state index < -0.39 is 34.6 Å². The first-order valence-electron chi connectivity index (χ1n) is 13.4. The Balaban J connectivity index is 1.42. The molecule has 0 radical (unpaired) electrons. The van der Waals surface area contributed by atoms with Crippen LogP contribution in [0.1, 0.15) is 61.0 Å². The molecule has 1 amide bonds. The van der Waals surface area contributed by atoms with Crippen molar-refractivity contribution in [1.82, 2.24) is 9.97 Å². The smallest absolute Gasteiger partial charge is 0.276 e. The molecular formula is C29H32F3N5O3. The number of nitrogens with zero attached hydrogens (tertiary/aromatic N) is 2. The van der Waals surface area contributed by atoms with Crippen molar-refractivity contribution in [1.29, 1.82) is 0 Å². The third-order valence-electron chi connectivity index (χ3n) is 7.47. The Morgan fingerprint density at radius 3 is 2.50 bits per heavy atom. The van der Waals surface area contributed by atoms with Crippen LogP contribution in [0, 0.1) is 23.4 Å². The van der Waals surface area contributed by atoms with E-state index in [0.717, 1.165) is 43.0 Å². The number of nitrogens with two attached hydrogens (primary N) is 2. The number of rotatable bonds is 6. The molecule has 1 saturated carbocycles. The van der Waals surface area contributed by atoms with Crippen molar-refractivity contribution in [3.8, 4) is 17.0 Å². The topological polar surface area (TPSA) is 125 Å². The number of carbonyl (C=O) groups is 1. The molecule has 2 aromatic heterocycles. The van der Waals surface area contributed by atoms with E-state index in [4.69, 9.17) is 20.9 Å². The van der Waals surface area contributed by atoms with E-state index in [-0.39, 0.29) is 35.2 Å². The number of benzene rings is 1. The zero-order valence-electron chi connectivity index (χ0n) is 22.1. The zero-order chi connectivity index (χ0) is 28.4. The fourth-order valence-electron chi connectivity index (χ4n) is 5.65. The van der Waals surface area contributed by atoms with Gasteiger partial charge in [0, 0.05) is 43.3 Å². The van der Waals surface area contributed by atoms with Crippen LogP contribution in [0.4, 0.5) is 24.5 Å². The van der Waals surface area contributed by atoms with Crippen LogP contribution in [0.5, 0.6) is 5.75 Å². The van der Waals surface area contributed by atoms with Crippen LogP contribution in [0.25, 0.3) is 11.3 Å². The number of nitrogen functional groups attached to an aromatic ring is 1. The molecule has 3 aromatic rings. The van der Waals surface area contributed by atoms with Crippen LogP contribution >= 0.6 is 0 Å². The normalized spacial score (nSPS) is 21.7. The van der Waals surface area contributed by atoms with Crippen LogP contribution in [0.15, 0.2) is 36.7 Å². The lowest BCUT2D eigenvalue weighted by molar-refractivity contribution is 0.0253. The Kier molecular flexibility index (Phi) is 8.22. The van der Waals surface area contributed by atoms with Gasteiger partial charge in [0.15, 0.2) is 11.5 Å². The lowest BCUT2D eigenvalue weighted by atomic mass is 9.76. The molecule has 1 aromatic carbocycles. The van der Waals surface area contributed by atoms with E-state index in [1.165, 1.54) is 6.20 Å². The Morgan fingerprint density at radius 1 is 1.07 bits per heavy atom. The Hall–Kier alpha value is -3.70. The first-order chi connectivity index (χ1) is 19.2. The van der Waals surface area contributed by atoms with Gasteiger partial charge in [-0.1, -0.05) is 6.92 Å². The van der Waals surface area contributed by atoms with Gasteiger partial charge >= 0.3 is 0 Å². The highest BCUT2D eigenvalue weighted by Gasteiger charge is 2.29. The summed E-state index contributed by atoms with van der Waals surface area (Å²) >= 11 is 0. The number of nitrogens with one attached hydrogen (secondary N) is 1. The van der Waals surface area contributed by atoms with E-state index in [1.54, 1.807) is 6.20 Å². The van der Waals surface area contributed by atoms with Crippen molar-refractivity contribution in [3.05, 3.63) is 65.4 Å². The summed E-state index contributed by atoms with van der Waals surface area (Å²) in [6.07, 6.45) is 6.66. The van der Waals surface area contributed by atoms with Gasteiger partial charge in [-0.05, 0) is 42.7 Å². The molecule has 0 bridgehead atoms. The first kappa shape index (κ1) is 27.9. The number of hydrogen-bond acceptors (Lipinski definition) is 7. The number of anilines is 2. The van der Waals surface area contributed by atoms with Crippen LogP contribution in [-0.4, -0.2) is 41.2 Å². The lowest BCUT2D eigenvalue weighted by Gasteiger charge is -2.32. The van der Waals surface area contributed by atoms with Crippen LogP contribution in [-0.2, 0) is 4.74 Å². The number of carbonyl (C=O) groups excluding carboxylic acids is 1. The number of hydrogen-bond donors (Lipinski definition) is 3. The number of aromatic nitrogens is 2. The molecule has 212 valence electrons. The molecule has 0 unspecified atom stereocenters. The highest BCUT2D eigenvalue weighted by molar-refractivity contribution is 6.07. The van der Waals surface area contributed by atoms with E-state index in [9.17, 15) is 9.18 Å². The third kappa shape index (κ3) is 6.05. The molecule has 40 heavy (non-hydrogen) atoms. The second kappa shape index (κ2) is 11.8. The zero-order valence-corrected chi connectivity index (χ0v) is 22.1. The molecule has 8 nitrogen and oxygen atoms in total. The summed E-state index contributed by atoms with van der Waals surface area (Å²) in [5.74, 6) is -3.50. The Bertz CT molecular complexity index is 1370. The predicted molar refractivity (Wildman–Crippen MR) is 144 cm³/mol. The first-order valence-corrected chi connectivity index (χ1v) is 13.4.